The number of rotatable bonds is 10. The molecule has 0 saturated heterocycles. The number of furan rings is 4. The van der Waals surface area contributed by atoms with Crippen molar-refractivity contribution >= 4 is 131 Å². The summed E-state index contributed by atoms with van der Waals surface area (Å²) in [6, 6.07) is 10.5. The lowest BCUT2D eigenvalue weighted by atomic mass is 9.99. The molecule has 0 atom stereocenters. The molecule has 0 amide bonds. The molecule has 0 N–H and O–H groups in total. The average Bonchev–Trinajstić information content (AvgIpc) is 1.52. The molecule has 8 aromatic heterocycles. The minimum atomic E-state index is -0.776. The molecule has 8 heterocycles. The predicted molar refractivity (Wildman–Crippen MR) is 461 cm³/mol. The Bertz CT molecular complexity index is 10400. The lowest BCUT2D eigenvalue weighted by Gasteiger charge is -2.11. The molecule has 0 bridgehead atoms. The lowest BCUT2D eigenvalue weighted by Crippen LogP contribution is -2.06. The fourth-order valence-electron chi connectivity index (χ4n) is 14.1. The van der Waals surface area contributed by atoms with Crippen molar-refractivity contribution in [1.29, 1.82) is 0 Å². The van der Waals surface area contributed by atoms with E-state index in [9.17, 15) is 17.8 Å². The van der Waals surface area contributed by atoms with Crippen LogP contribution in [0, 0.1) is 0 Å². The molecule has 0 aliphatic heterocycles. The van der Waals surface area contributed by atoms with Gasteiger partial charge in [-0.1, -0.05) is 272 Å². The molecule has 114 heavy (non-hydrogen) atoms. The first-order valence-corrected chi connectivity index (χ1v) is 34.9. The zero-order valence-electron chi connectivity index (χ0n) is 96.8. The van der Waals surface area contributed by atoms with Crippen LogP contribution in [0.15, 0.2) is 381 Å². The molecule has 0 aliphatic carbocycles. The van der Waals surface area contributed by atoms with E-state index in [2.05, 4.69) is 9.97 Å². The second-order valence-electron chi connectivity index (χ2n) is 25.8. The lowest BCUT2D eigenvalue weighted by molar-refractivity contribution is 0.668. The second kappa shape index (κ2) is 26.0. The van der Waals surface area contributed by atoms with Crippen LogP contribution >= 0.6 is 0 Å². The van der Waals surface area contributed by atoms with Gasteiger partial charge in [-0.3, -0.25) is 9.13 Å². The minimum absolute atomic E-state index is 0.0195. The van der Waals surface area contributed by atoms with Crippen molar-refractivity contribution in [1.82, 2.24) is 39.0 Å². The van der Waals surface area contributed by atoms with Gasteiger partial charge in [0.2, 0.25) is 11.9 Å². The fraction of sp³-hybridized carbons (Fsp3) is 0. The highest BCUT2D eigenvalue weighted by molar-refractivity contribution is 6.20. The molecule has 12 heteroatoms. The molecule has 24 rings (SSSR count). The van der Waals surface area contributed by atoms with Gasteiger partial charge in [-0.15, -0.1) is 0 Å². The van der Waals surface area contributed by atoms with Crippen LogP contribution < -0.4 is 0 Å². The summed E-state index contributed by atoms with van der Waals surface area (Å²) in [5.74, 6) is -2.32. The number of benzene rings is 16. The molecule has 0 unspecified atom stereocenters. The number of para-hydroxylation sites is 2. The van der Waals surface area contributed by atoms with E-state index in [1.807, 2.05) is 0 Å². The van der Waals surface area contributed by atoms with Crippen LogP contribution in [-0.2, 0) is 0 Å². The van der Waals surface area contributed by atoms with Crippen molar-refractivity contribution in [2.24, 2.45) is 0 Å². The summed E-state index contributed by atoms with van der Waals surface area (Å²) in [4.78, 5) is 28.5. The molecule has 0 aliphatic rings. The Morgan fingerprint density at radius 2 is 0.675 bits per heavy atom. The maximum absolute atomic E-state index is 9.90. The summed E-state index contributed by atoms with van der Waals surface area (Å²) in [6.45, 7) is 0. The SMILES string of the molecule is [2H]c1c([2H])c([2H])c(-c2c([2H])c([2H])c([2H])c3oc4c([2H])c(-c5nc(-c6ccccc6)nc(-n6c7c([2H])c([2H])c(-c8ccccc8)c([2H])c7c7c([2H])c8c(oc9c([2H])c([2H])c([2H])c([2H])c98)c([2H])c76)n5)c([2H])c([2H])c4c23)c([2H])c1[2H].[2H]c1c([2H])c([2H])c(-c2nc(-c3ccc4c(c3)oc3cccc(-c5c([2H])c([2H])c([2H])c([2H])c5[2H])c34)nc(-n3c4c([2H])c(-c5ccccc5)c([2H])c([2H])c4c4c([2H])c5c(oc6c([2H])c([2H])c([2H])c([2H])c65)c([2H])c43)n2)c([2H])c1[2H]. The van der Waals surface area contributed by atoms with Crippen molar-refractivity contribution in [2.45, 2.75) is 0 Å². The van der Waals surface area contributed by atoms with Crippen LogP contribution in [0.25, 0.3) is 233 Å². The van der Waals surface area contributed by atoms with E-state index in [4.69, 9.17) is 73.2 Å². The zero-order chi connectivity index (χ0) is 109. The van der Waals surface area contributed by atoms with Crippen molar-refractivity contribution in [3.05, 3.63) is 363 Å². The normalized spacial score (nSPS) is 16.6. The van der Waals surface area contributed by atoms with E-state index in [0.717, 1.165) is 9.13 Å². The van der Waals surface area contributed by atoms with E-state index < -0.39 is 287 Å². The number of hydrogen-bond acceptors (Lipinski definition) is 10. The highest BCUT2D eigenvalue weighted by atomic mass is 16.3. The van der Waals surface area contributed by atoms with Crippen LogP contribution in [0.3, 0.4) is 0 Å². The number of aromatic nitrogens is 8. The predicted octanol–water partition coefficient (Wildman–Crippen LogP) is 26.9. The summed E-state index contributed by atoms with van der Waals surface area (Å²) in [6.07, 6.45) is 0. The van der Waals surface area contributed by atoms with Crippen molar-refractivity contribution in [3.63, 3.8) is 0 Å². The molecule has 0 radical (unpaired) electrons. The smallest absolute Gasteiger partial charge is 0.238 e. The second-order valence-corrected chi connectivity index (χ2v) is 25.8. The van der Waals surface area contributed by atoms with Gasteiger partial charge in [0, 0.05) is 99.0 Å². The molecule has 532 valence electrons. The van der Waals surface area contributed by atoms with Gasteiger partial charge in [0.15, 0.2) is 23.3 Å². The van der Waals surface area contributed by atoms with Gasteiger partial charge in [0.1, 0.15) is 44.7 Å². The highest BCUT2D eigenvalue weighted by Gasteiger charge is 2.26. The number of nitrogens with zero attached hydrogens (tertiary/aromatic N) is 8. The van der Waals surface area contributed by atoms with E-state index >= 15 is 0 Å². The Morgan fingerprint density at radius 1 is 0.211 bits per heavy atom. The number of fused-ring (bicyclic) bond motifs is 18. The molecule has 0 fully saturated rings. The maximum atomic E-state index is 9.90. The van der Waals surface area contributed by atoms with Gasteiger partial charge < -0.3 is 17.7 Å². The quantitative estimate of drug-likeness (QED) is 0.130. The molecule has 0 spiro atoms. The number of hydrogen-bond donors (Lipinski definition) is 0. The Morgan fingerprint density at radius 3 is 1.32 bits per heavy atom. The highest BCUT2D eigenvalue weighted by Crippen LogP contribution is 2.45. The molecule has 12 nitrogen and oxygen atoms in total. The van der Waals surface area contributed by atoms with E-state index in [0.29, 0.717) is 27.5 Å². The van der Waals surface area contributed by atoms with Crippen LogP contribution in [-0.4, -0.2) is 39.0 Å². The van der Waals surface area contributed by atoms with E-state index in [1.54, 1.807) is 121 Å². The summed E-state index contributed by atoms with van der Waals surface area (Å²) in [7, 11) is 0. The molecule has 0 saturated carbocycles. The molecule has 16 aromatic carbocycles. The first-order valence-electron chi connectivity index (χ1n) is 54.4. The third kappa shape index (κ3) is 10.7. The third-order valence-electron chi connectivity index (χ3n) is 19.2. The topological polar surface area (TPSA) is 140 Å². The first-order chi connectivity index (χ1) is 72.7. The van der Waals surface area contributed by atoms with Crippen LogP contribution in [0.1, 0.15) is 53.5 Å². The van der Waals surface area contributed by atoms with E-state index in [-0.39, 0.29) is 155 Å². The molecule has 24 aromatic rings. The average molecular weight is 1500 g/mol. The maximum Gasteiger partial charge on any atom is 0.238 e. The Labute approximate surface area is 704 Å². The van der Waals surface area contributed by atoms with Gasteiger partial charge in [0.05, 0.1) is 75.5 Å². The van der Waals surface area contributed by atoms with Crippen molar-refractivity contribution in [2.75, 3.05) is 0 Å². The van der Waals surface area contributed by atoms with Gasteiger partial charge in [-0.25, -0.2) is 9.97 Å². The molecular weight excluding hydrogens is 1400 g/mol. The monoisotopic (exact) mass is 1500 g/mol. The Balaban J connectivity index is 0.000000167. The minimum Gasteiger partial charge on any atom is -0.456 e. The Hall–Kier alpha value is -15.7. The van der Waals surface area contributed by atoms with Crippen molar-refractivity contribution < 1.29 is 71.1 Å². The summed E-state index contributed by atoms with van der Waals surface area (Å²) >= 11 is 0. The van der Waals surface area contributed by atoms with Gasteiger partial charge in [-0.2, -0.15) is 19.9 Å². The summed E-state index contributed by atoms with van der Waals surface area (Å²) in [5, 5.41) is -1.51. The summed E-state index contributed by atoms with van der Waals surface area (Å²) in [5.41, 5.74) is -3.71. The van der Waals surface area contributed by atoms with Crippen molar-refractivity contribution in [3.8, 4) is 102 Å². The standard InChI is InChI=1S/2C51H30N4O2/c1-4-13-31(14-5-1)34-24-26-42-39(27-34)40-29-41-37-19-10-11-21-44(37)56-47(41)30-43(40)55(42)51-53-49(33-17-8-3-9-18-33)52-50(54-51)35-23-25-38-46(28-35)57-45-22-12-20-36(48(38)45)32-15-6-2-7-16-32;1-4-13-31(14-5-1)34-23-25-37-40-29-41-38-19-10-11-21-44(38)56-47(41)30-43(40)55(42(37)27-34)51-53-49(33-17-8-3-9-18-33)52-50(54-51)35-24-26-39-46(28-35)57-45-22-12-20-36(48(39)45)32-15-6-2-7-16-32/h2*1-30H/i2D,6D,7D,10D,11D,12D,15D,16D,19D,20D,21D,22D,23D,24D,25D,26D,27D,28D,29D,30D;2D,3D,6D,7D,8D,9D,10D,11D,15D,16D,17D,18D,19D,21D,23D,25D,27D,29D,30D. The van der Waals surface area contributed by atoms with Crippen LogP contribution in [0.4, 0.5) is 0 Å². The summed E-state index contributed by atoms with van der Waals surface area (Å²) < 4.78 is 377. The molecular formula is C102H60N8O4. The van der Waals surface area contributed by atoms with Crippen LogP contribution in [0.2, 0.25) is 0 Å². The fourth-order valence-corrected chi connectivity index (χ4v) is 14.1. The van der Waals surface area contributed by atoms with Crippen LogP contribution in [0.5, 0.6) is 0 Å². The third-order valence-corrected chi connectivity index (χ3v) is 19.2. The zero-order valence-corrected chi connectivity index (χ0v) is 57.8. The van der Waals surface area contributed by atoms with E-state index in [1.165, 1.54) is 6.07 Å². The van der Waals surface area contributed by atoms with Gasteiger partial charge >= 0.3 is 0 Å². The Kier molecular flexibility index (Phi) is 8.38. The van der Waals surface area contributed by atoms with Gasteiger partial charge in [-0.05, 0) is 123 Å². The first kappa shape index (κ1) is 36.7. The largest absolute Gasteiger partial charge is 0.456 e. The van der Waals surface area contributed by atoms with Gasteiger partial charge in [0.25, 0.3) is 0 Å².